The topological polar surface area (TPSA) is 44.8 Å². The van der Waals surface area contributed by atoms with Crippen molar-refractivity contribution in [2.45, 2.75) is 45.1 Å². The summed E-state index contributed by atoms with van der Waals surface area (Å²) in [6.07, 6.45) is 9.66. The van der Waals surface area contributed by atoms with Crippen LogP contribution in [0.5, 0.6) is 5.75 Å². The second kappa shape index (κ2) is 11.2. The monoisotopic (exact) mass is 385 g/mol. The van der Waals surface area contributed by atoms with Gasteiger partial charge < -0.3 is 19.9 Å². The van der Waals surface area contributed by atoms with E-state index in [0.717, 1.165) is 76.4 Å². The molecule has 1 aromatic carbocycles. The Kier molecular flexibility index (Phi) is 8.37. The molecule has 0 spiro atoms. The molecule has 2 fully saturated rings. The Bertz CT molecular complexity index is 632. The molecule has 1 aromatic rings. The van der Waals surface area contributed by atoms with Gasteiger partial charge in [0.15, 0.2) is 0 Å². The van der Waals surface area contributed by atoms with Crippen molar-refractivity contribution in [3.05, 3.63) is 35.9 Å². The van der Waals surface area contributed by atoms with Crippen molar-refractivity contribution in [3.63, 3.8) is 0 Å². The first-order valence-electron chi connectivity index (χ1n) is 10.9. The highest BCUT2D eigenvalue weighted by molar-refractivity contribution is 5.91. The number of piperazine rings is 1. The number of benzene rings is 1. The Hall–Kier alpha value is -1.85. The summed E-state index contributed by atoms with van der Waals surface area (Å²) in [5.74, 6) is 0.871. The highest BCUT2D eigenvalue weighted by atomic mass is 16.5. The van der Waals surface area contributed by atoms with Gasteiger partial charge in [-0.1, -0.05) is 19.1 Å². The largest absolute Gasteiger partial charge is 0.490 e. The smallest absolute Gasteiger partial charge is 0.243 e. The molecule has 0 aromatic heterocycles. The van der Waals surface area contributed by atoms with E-state index >= 15 is 0 Å². The average Bonchev–Trinajstić information content (AvgIpc) is 3.23. The number of carbonyl (C=O) groups is 1. The van der Waals surface area contributed by atoms with Gasteiger partial charge in [-0.3, -0.25) is 4.79 Å². The highest BCUT2D eigenvalue weighted by Crippen LogP contribution is 2.24. The van der Waals surface area contributed by atoms with Crippen molar-refractivity contribution in [3.8, 4) is 5.75 Å². The van der Waals surface area contributed by atoms with Gasteiger partial charge in [0.05, 0.1) is 6.10 Å². The number of amides is 1. The van der Waals surface area contributed by atoms with E-state index in [0.29, 0.717) is 6.10 Å². The summed E-state index contributed by atoms with van der Waals surface area (Å²) in [4.78, 5) is 17.0. The van der Waals surface area contributed by atoms with Crippen LogP contribution in [0.2, 0.25) is 0 Å². The molecule has 0 radical (unpaired) electrons. The first kappa shape index (κ1) is 20.9. The Morgan fingerprint density at radius 2 is 1.93 bits per heavy atom. The number of ether oxygens (including phenoxy) is 1. The lowest BCUT2D eigenvalue weighted by Crippen LogP contribution is -2.46. The summed E-state index contributed by atoms with van der Waals surface area (Å²) < 4.78 is 6.03. The molecule has 2 aliphatic rings. The molecule has 5 nitrogen and oxygen atoms in total. The lowest BCUT2D eigenvalue weighted by atomic mass is 10.2. The average molecular weight is 386 g/mol. The van der Waals surface area contributed by atoms with Gasteiger partial charge in [-0.15, -0.1) is 0 Å². The Morgan fingerprint density at radius 3 is 2.68 bits per heavy atom. The van der Waals surface area contributed by atoms with Crippen LogP contribution in [-0.4, -0.2) is 67.6 Å². The van der Waals surface area contributed by atoms with Crippen LogP contribution >= 0.6 is 0 Å². The van der Waals surface area contributed by atoms with Crippen LogP contribution in [0.4, 0.5) is 0 Å². The zero-order valence-electron chi connectivity index (χ0n) is 17.2. The lowest BCUT2D eigenvalue weighted by Gasteiger charge is -2.33. The Morgan fingerprint density at radius 1 is 1.18 bits per heavy atom. The summed E-state index contributed by atoms with van der Waals surface area (Å²) in [7, 11) is 0. The zero-order chi connectivity index (χ0) is 19.6. The molecule has 28 heavy (non-hydrogen) atoms. The standard InChI is InChI=1S/C23H35N3O2/c1-2-25-15-17-26(18-16-25)14-6-13-24-23(27)12-11-20-7-5-10-22(19-20)28-21-8-3-4-9-21/h5,7,10-12,19,21H,2-4,6,8-9,13-18H2,1H3,(H,24,27). The number of carbonyl (C=O) groups excluding carboxylic acids is 1. The zero-order valence-corrected chi connectivity index (χ0v) is 17.2. The van der Waals surface area contributed by atoms with E-state index in [1.165, 1.54) is 12.8 Å². The molecule has 3 rings (SSSR count). The van der Waals surface area contributed by atoms with Crippen molar-refractivity contribution < 1.29 is 9.53 Å². The SMILES string of the molecule is CCN1CCN(CCCNC(=O)C=Cc2cccc(OC3CCCC3)c2)CC1. The van der Waals surface area contributed by atoms with Gasteiger partial charge in [-0.25, -0.2) is 0 Å². The summed E-state index contributed by atoms with van der Waals surface area (Å²) in [6.45, 7) is 9.75. The first-order valence-corrected chi connectivity index (χ1v) is 10.9. The molecule has 1 heterocycles. The maximum Gasteiger partial charge on any atom is 0.243 e. The van der Waals surface area contributed by atoms with Crippen molar-refractivity contribution in [2.75, 3.05) is 45.8 Å². The van der Waals surface area contributed by atoms with Gasteiger partial charge in [-0.05, 0) is 69.0 Å². The normalized spacial score (nSPS) is 19.3. The number of nitrogens with zero attached hydrogens (tertiary/aromatic N) is 2. The van der Waals surface area contributed by atoms with Gasteiger partial charge in [0.1, 0.15) is 5.75 Å². The molecule has 1 saturated carbocycles. The van der Waals surface area contributed by atoms with E-state index in [9.17, 15) is 4.79 Å². The summed E-state index contributed by atoms with van der Waals surface area (Å²) >= 11 is 0. The molecule has 1 amide bonds. The van der Waals surface area contributed by atoms with E-state index in [2.05, 4.69) is 22.0 Å². The predicted octanol–water partition coefficient (Wildman–Crippen LogP) is 3.17. The molecule has 1 aliphatic carbocycles. The molecular weight excluding hydrogens is 350 g/mol. The van der Waals surface area contributed by atoms with Crippen LogP contribution in [0.15, 0.2) is 30.3 Å². The van der Waals surface area contributed by atoms with Gasteiger partial charge in [0.25, 0.3) is 0 Å². The van der Waals surface area contributed by atoms with Gasteiger partial charge >= 0.3 is 0 Å². The van der Waals surface area contributed by atoms with Crippen molar-refractivity contribution in [1.29, 1.82) is 0 Å². The third-order valence-corrected chi connectivity index (χ3v) is 5.75. The Labute approximate surface area is 169 Å². The maximum atomic E-state index is 12.1. The fourth-order valence-corrected chi connectivity index (χ4v) is 3.96. The molecule has 5 heteroatoms. The molecule has 1 saturated heterocycles. The quantitative estimate of drug-likeness (QED) is 0.524. The number of hydrogen-bond acceptors (Lipinski definition) is 4. The number of hydrogen-bond donors (Lipinski definition) is 1. The maximum absolute atomic E-state index is 12.1. The van der Waals surface area contributed by atoms with Crippen LogP contribution in [0.3, 0.4) is 0 Å². The molecular formula is C23H35N3O2. The van der Waals surface area contributed by atoms with Crippen molar-refractivity contribution >= 4 is 12.0 Å². The fourth-order valence-electron chi connectivity index (χ4n) is 3.96. The van der Waals surface area contributed by atoms with Crippen molar-refractivity contribution in [1.82, 2.24) is 15.1 Å². The van der Waals surface area contributed by atoms with Crippen LogP contribution in [0, 0.1) is 0 Å². The lowest BCUT2D eigenvalue weighted by molar-refractivity contribution is -0.116. The molecule has 1 aliphatic heterocycles. The van der Waals surface area contributed by atoms with E-state index < -0.39 is 0 Å². The Balaban J connectivity index is 1.33. The van der Waals surface area contributed by atoms with Crippen LogP contribution in [0.25, 0.3) is 6.08 Å². The highest BCUT2D eigenvalue weighted by Gasteiger charge is 2.16. The van der Waals surface area contributed by atoms with E-state index in [4.69, 9.17) is 4.74 Å². The predicted molar refractivity (Wildman–Crippen MR) is 115 cm³/mol. The third-order valence-electron chi connectivity index (χ3n) is 5.75. The molecule has 0 atom stereocenters. The number of nitrogens with one attached hydrogen (secondary N) is 1. The molecule has 1 N–H and O–H groups in total. The second-order valence-corrected chi connectivity index (χ2v) is 7.85. The number of likely N-dealkylation sites (N-methyl/N-ethyl adjacent to an activating group) is 1. The molecule has 0 bridgehead atoms. The summed E-state index contributed by atoms with van der Waals surface area (Å²) in [5.41, 5.74) is 0.999. The van der Waals surface area contributed by atoms with Crippen molar-refractivity contribution in [2.24, 2.45) is 0 Å². The first-order chi connectivity index (χ1) is 13.7. The summed E-state index contributed by atoms with van der Waals surface area (Å²) in [5, 5.41) is 2.99. The summed E-state index contributed by atoms with van der Waals surface area (Å²) in [6, 6.07) is 8.00. The molecule has 154 valence electrons. The minimum absolute atomic E-state index is 0.0297. The van der Waals surface area contributed by atoms with Crippen LogP contribution in [-0.2, 0) is 4.79 Å². The van der Waals surface area contributed by atoms with E-state index in [1.807, 2.05) is 30.3 Å². The van der Waals surface area contributed by atoms with Crippen LogP contribution in [0.1, 0.15) is 44.6 Å². The van der Waals surface area contributed by atoms with E-state index in [-0.39, 0.29) is 5.91 Å². The van der Waals surface area contributed by atoms with Gasteiger partial charge in [-0.2, -0.15) is 0 Å². The molecule has 0 unspecified atom stereocenters. The van der Waals surface area contributed by atoms with Crippen LogP contribution < -0.4 is 10.1 Å². The van der Waals surface area contributed by atoms with E-state index in [1.54, 1.807) is 6.08 Å². The minimum Gasteiger partial charge on any atom is -0.490 e. The van der Waals surface area contributed by atoms with Gasteiger partial charge in [0, 0.05) is 38.8 Å². The third kappa shape index (κ3) is 6.95. The number of rotatable bonds is 9. The second-order valence-electron chi connectivity index (χ2n) is 7.85. The minimum atomic E-state index is -0.0297. The fraction of sp³-hybridized carbons (Fsp3) is 0.609. The van der Waals surface area contributed by atoms with Gasteiger partial charge in [0.2, 0.25) is 5.91 Å².